The summed E-state index contributed by atoms with van der Waals surface area (Å²) >= 11 is 0. The summed E-state index contributed by atoms with van der Waals surface area (Å²) < 4.78 is 27.0. The molecule has 1 aromatic rings. The average molecular weight is 294 g/mol. The topological polar surface area (TPSA) is 100 Å². The zero-order chi connectivity index (χ0) is 14.6. The van der Waals surface area contributed by atoms with Crippen molar-refractivity contribution in [3.05, 3.63) is 24.0 Å². The predicted octanol–water partition coefficient (Wildman–Crippen LogP) is 0.845. The van der Waals surface area contributed by atoms with Crippen molar-refractivity contribution in [2.24, 2.45) is 5.73 Å². The Morgan fingerprint density at radius 3 is 3.00 bits per heavy atom. The van der Waals surface area contributed by atoms with E-state index in [0.29, 0.717) is 19.5 Å². The average Bonchev–Trinajstić information content (AvgIpc) is 2.48. The van der Waals surface area contributed by atoms with E-state index < -0.39 is 10.0 Å². The van der Waals surface area contributed by atoms with Gasteiger partial charge in [-0.05, 0) is 37.9 Å². The van der Waals surface area contributed by atoms with Gasteiger partial charge < -0.3 is 5.73 Å². The van der Waals surface area contributed by atoms with Gasteiger partial charge in [-0.15, -0.1) is 0 Å². The number of nitriles is 1. The molecule has 0 aliphatic carbocycles. The van der Waals surface area contributed by atoms with Gasteiger partial charge in [0.2, 0.25) is 10.0 Å². The molecule has 1 atom stereocenters. The second-order valence-electron chi connectivity index (χ2n) is 4.80. The summed E-state index contributed by atoms with van der Waals surface area (Å²) in [6, 6.07) is 4.74. The number of hydrogen-bond donors (Lipinski definition) is 1. The molecule has 0 bridgehead atoms. The Hall–Kier alpha value is -1.49. The van der Waals surface area contributed by atoms with Crippen molar-refractivity contribution in [1.29, 1.82) is 5.26 Å². The van der Waals surface area contributed by atoms with Crippen LogP contribution < -0.4 is 5.73 Å². The van der Waals surface area contributed by atoms with Crippen LogP contribution in [0.25, 0.3) is 0 Å². The normalized spacial score (nSPS) is 20.5. The van der Waals surface area contributed by atoms with Crippen LogP contribution in [0.1, 0.15) is 31.4 Å². The first-order chi connectivity index (χ1) is 9.61. The van der Waals surface area contributed by atoms with Crippen LogP contribution >= 0.6 is 0 Å². The minimum absolute atomic E-state index is 0.00794. The third-order valence-corrected chi connectivity index (χ3v) is 5.52. The molecule has 1 unspecified atom stereocenters. The SMILES string of the molecule is N#Cc1ncccc1S(=O)(=O)N1CCCCC1CCN. The number of nitrogens with zero attached hydrogens (tertiary/aromatic N) is 3. The van der Waals surface area contributed by atoms with Gasteiger partial charge in [-0.2, -0.15) is 9.57 Å². The summed E-state index contributed by atoms with van der Waals surface area (Å²) in [4.78, 5) is 3.83. The summed E-state index contributed by atoms with van der Waals surface area (Å²) in [7, 11) is -3.68. The van der Waals surface area contributed by atoms with Crippen molar-refractivity contribution in [2.45, 2.75) is 36.6 Å². The second kappa shape index (κ2) is 6.31. The van der Waals surface area contributed by atoms with Crippen LogP contribution in [-0.4, -0.2) is 36.8 Å². The van der Waals surface area contributed by atoms with E-state index in [4.69, 9.17) is 11.0 Å². The molecule has 6 nitrogen and oxygen atoms in total. The van der Waals surface area contributed by atoms with Crippen LogP contribution in [0.2, 0.25) is 0 Å². The highest BCUT2D eigenvalue weighted by Crippen LogP contribution is 2.27. The van der Waals surface area contributed by atoms with E-state index in [0.717, 1.165) is 19.3 Å². The molecule has 7 heteroatoms. The molecule has 0 amide bonds. The lowest BCUT2D eigenvalue weighted by Gasteiger charge is -2.34. The highest BCUT2D eigenvalue weighted by Gasteiger charge is 2.34. The first-order valence-corrected chi connectivity index (χ1v) is 8.12. The maximum absolute atomic E-state index is 12.7. The first kappa shape index (κ1) is 14.9. The fraction of sp³-hybridized carbons (Fsp3) is 0.538. The third-order valence-electron chi connectivity index (χ3n) is 3.54. The van der Waals surface area contributed by atoms with Crippen LogP contribution in [0, 0.1) is 11.3 Å². The maximum Gasteiger partial charge on any atom is 0.246 e. The predicted molar refractivity (Wildman–Crippen MR) is 74.2 cm³/mol. The van der Waals surface area contributed by atoms with Crippen LogP contribution in [-0.2, 0) is 10.0 Å². The monoisotopic (exact) mass is 294 g/mol. The van der Waals surface area contributed by atoms with Gasteiger partial charge in [0.25, 0.3) is 0 Å². The van der Waals surface area contributed by atoms with Crippen molar-refractivity contribution in [2.75, 3.05) is 13.1 Å². The number of aromatic nitrogens is 1. The lowest BCUT2D eigenvalue weighted by molar-refractivity contribution is 0.243. The second-order valence-corrected chi connectivity index (χ2v) is 6.66. The smallest absolute Gasteiger partial charge is 0.246 e. The lowest BCUT2D eigenvalue weighted by Crippen LogP contribution is -2.44. The molecule has 2 N–H and O–H groups in total. The number of pyridine rings is 1. The highest BCUT2D eigenvalue weighted by atomic mass is 32.2. The van der Waals surface area contributed by atoms with Gasteiger partial charge in [-0.1, -0.05) is 6.42 Å². The third kappa shape index (κ3) is 2.82. The van der Waals surface area contributed by atoms with E-state index in [1.54, 1.807) is 0 Å². The van der Waals surface area contributed by atoms with Crippen LogP contribution in [0.5, 0.6) is 0 Å². The quantitative estimate of drug-likeness (QED) is 0.887. The molecular weight excluding hydrogens is 276 g/mol. The van der Waals surface area contributed by atoms with Crippen molar-refractivity contribution >= 4 is 10.0 Å². The summed E-state index contributed by atoms with van der Waals surface area (Å²) in [5, 5.41) is 9.03. The number of hydrogen-bond acceptors (Lipinski definition) is 5. The fourth-order valence-electron chi connectivity index (χ4n) is 2.58. The lowest BCUT2D eigenvalue weighted by atomic mass is 10.0. The van der Waals surface area contributed by atoms with Crippen LogP contribution in [0.4, 0.5) is 0 Å². The van der Waals surface area contributed by atoms with E-state index in [-0.39, 0.29) is 16.6 Å². The molecule has 1 aromatic heterocycles. The van der Waals surface area contributed by atoms with Gasteiger partial charge in [0.1, 0.15) is 11.0 Å². The molecule has 1 aliphatic heterocycles. The summed E-state index contributed by atoms with van der Waals surface area (Å²) in [5.41, 5.74) is 5.52. The van der Waals surface area contributed by atoms with E-state index >= 15 is 0 Å². The van der Waals surface area contributed by atoms with Crippen molar-refractivity contribution in [3.63, 3.8) is 0 Å². The zero-order valence-corrected chi connectivity index (χ0v) is 12.0. The Morgan fingerprint density at radius 2 is 2.30 bits per heavy atom. The zero-order valence-electron chi connectivity index (χ0n) is 11.2. The van der Waals surface area contributed by atoms with Gasteiger partial charge in [-0.25, -0.2) is 13.4 Å². The Balaban J connectivity index is 2.40. The molecule has 20 heavy (non-hydrogen) atoms. The van der Waals surface area contributed by atoms with Crippen LogP contribution in [0.3, 0.4) is 0 Å². The molecule has 2 heterocycles. The molecule has 1 saturated heterocycles. The number of sulfonamides is 1. The van der Waals surface area contributed by atoms with Crippen molar-refractivity contribution < 1.29 is 8.42 Å². The Morgan fingerprint density at radius 1 is 1.50 bits per heavy atom. The molecule has 108 valence electrons. The Kier molecular flexibility index (Phi) is 4.70. The first-order valence-electron chi connectivity index (χ1n) is 6.68. The van der Waals surface area contributed by atoms with Gasteiger partial charge >= 0.3 is 0 Å². The fourth-order valence-corrected chi connectivity index (χ4v) is 4.40. The minimum Gasteiger partial charge on any atom is -0.330 e. The molecule has 1 aliphatic rings. The molecule has 0 saturated carbocycles. The number of rotatable bonds is 4. The Labute approximate surface area is 119 Å². The molecular formula is C13H18N4O2S. The maximum atomic E-state index is 12.7. The summed E-state index contributed by atoms with van der Waals surface area (Å²) in [6.45, 7) is 0.932. The number of piperidine rings is 1. The highest BCUT2D eigenvalue weighted by molar-refractivity contribution is 7.89. The molecule has 1 fully saturated rings. The van der Waals surface area contributed by atoms with Gasteiger partial charge in [-0.3, -0.25) is 0 Å². The van der Waals surface area contributed by atoms with Crippen molar-refractivity contribution in [3.8, 4) is 6.07 Å². The van der Waals surface area contributed by atoms with Crippen molar-refractivity contribution in [1.82, 2.24) is 9.29 Å². The summed E-state index contributed by atoms with van der Waals surface area (Å²) in [5.74, 6) is 0. The van der Waals surface area contributed by atoms with E-state index in [1.807, 2.05) is 6.07 Å². The molecule has 2 rings (SSSR count). The number of nitrogens with two attached hydrogens (primary N) is 1. The van der Waals surface area contributed by atoms with Gasteiger partial charge in [0, 0.05) is 18.8 Å². The van der Waals surface area contributed by atoms with Crippen LogP contribution in [0.15, 0.2) is 23.2 Å². The van der Waals surface area contributed by atoms with E-state index in [2.05, 4.69) is 4.98 Å². The van der Waals surface area contributed by atoms with Gasteiger partial charge in [0.05, 0.1) is 0 Å². The largest absolute Gasteiger partial charge is 0.330 e. The van der Waals surface area contributed by atoms with E-state index in [1.165, 1.54) is 22.6 Å². The molecule has 0 radical (unpaired) electrons. The minimum atomic E-state index is -3.68. The Bertz CT molecular complexity index is 607. The molecule has 0 spiro atoms. The summed E-state index contributed by atoms with van der Waals surface area (Å²) in [6.07, 6.45) is 4.72. The van der Waals surface area contributed by atoms with Gasteiger partial charge in [0.15, 0.2) is 5.69 Å². The molecule has 0 aromatic carbocycles. The van der Waals surface area contributed by atoms with E-state index in [9.17, 15) is 8.42 Å². The standard InChI is InChI=1S/C13H18N4O2S/c14-7-6-11-4-1-2-9-17(11)20(18,19)13-5-3-8-16-12(13)10-15/h3,5,8,11H,1-2,4,6-7,9,14H2.